The van der Waals surface area contributed by atoms with Gasteiger partial charge in [-0.15, -0.1) is 0 Å². The summed E-state index contributed by atoms with van der Waals surface area (Å²) in [5.74, 6) is -0.751. The van der Waals surface area contributed by atoms with Gasteiger partial charge in [0.05, 0.1) is 6.42 Å². The molecular formula is C8H17NO2. The minimum atomic E-state index is -0.751. The summed E-state index contributed by atoms with van der Waals surface area (Å²) in [5, 5.41) is 8.59. The van der Waals surface area contributed by atoms with Crippen LogP contribution in [0, 0.1) is 5.41 Å². The monoisotopic (exact) mass is 159 g/mol. The van der Waals surface area contributed by atoms with E-state index in [2.05, 4.69) is 0 Å². The van der Waals surface area contributed by atoms with Crippen molar-refractivity contribution in [1.82, 2.24) is 0 Å². The lowest BCUT2D eigenvalue weighted by atomic mass is 9.79. The summed E-state index contributed by atoms with van der Waals surface area (Å²) in [6.07, 6.45) is 1.87. The lowest BCUT2D eigenvalue weighted by Crippen LogP contribution is -2.31. The molecule has 0 radical (unpaired) electrons. The maximum Gasteiger partial charge on any atom is 0.303 e. The minimum absolute atomic E-state index is 0.175. The molecule has 0 saturated carbocycles. The second-order valence-corrected chi connectivity index (χ2v) is 2.98. The van der Waals surface area contributed by atoms with Gasteiger partial charge in [0.15, 0.2) is 0 Å². The van der Waals surface area contributed by atoms with Crippen LogP contribution in [0.1, 0.15) is 33.1 Å². The molecule has 0 bridgehead atoms. The average Bonchev–Trinajstić information content (AvgIpc) is 2.00. The molecule has 0 fully saturated rings. The van der Waals surface area contributed by atoms with E-state index in [4.69, 9.17) is 10.8 Å². The second-order valence-electron chi connectivity index (χ2n) is 2.98. The fourth-order valence-corrected chi connectivity index (χ4v) is 1.18. The van der Waals surface area contributed by atoms with Gasteiger partial charge >= 0.3 is 5.97 Å². The van der Waals surface area contributed by atoms with Crippen molar-refractivity contribution in [2.24, 2.45) is 11.1 Å². The lowest BCUT2D eigenvalue weighted by molar-refractivity contribution is -0.139. The van der Waals surface area contributed by atoms with Crippen LogP contribution in [0.2, 0.25) is 0 Å². The SMILES string of the molecule is CCC(CC)(CN)CC(=O)O. The van der Waals surface area contributed by atoms with Crippen molar-refractivity contribution in [3.05, 3.63) is 0 Å². The third-order valence-electron chi connectivity index (χ3n) is 2.46. The predicted octanol–water partition coefficient (Wildman–Crippen LogP) is 1.23. The molecule has 0 aliphatic heterocycles. The van der Waals surface area contributed by atoms with Crippen LogP contribution in [0.3, 0.4) is 0 Å². The Labute approximate surface area is 67.6 Å². The Hall–Kier alpha value is -0.570. The molecule has 0 saturated heterocycles. The molecule has 0 unspecified atom stereocenters. The van der Waals surface area contributed by atoms with E-state index in [0.717, 1.165) is 12.8 Å². The summed E-state index contributed by atoms with van der Waals surface area (Å²) in [6, 6.07) is 0. The Kier molecular flexibility index (Phi) is 4.11. The van der Waals surface area contributed by atoms with Crippen molar-refractivity contribution < 1.29 is 9.90 Å². The van der Waals surface area contributed by atoms with Crippen LogP contribution in [0.15, 0.2) is 0 Å². The molecule has 0 aliphatic carbocycles. The molecule has 0 aromatic rings. The van der Waals surface area contributed by atoms with Crippen molar-refractivity contribution in [3.63, 3.8) is 0 Å². The number of carbonyl (C=O) groups is 1. The largest absolute Gasteiger partial charge is 0.481 e. The van der Waals surface area contributed by atoms with Gasteiger partial charge in [-0.3, -0.25) is 4.79 Å². The van der Waals surface area contributed by atoms with Crippen LogP contribution in [0.4, 0.5) is 0 Å². The van der Waals surface area contributed by atoms with Gasteiger partial charge in [0.1, 0.15) is 0 Å². The highest BCUT2D eigenvalue weighted by Gasteiger charge is 2.27. The number of nitrogens with two attached hydrogens (primary N) is 1. The Bertz CT molecular complexity index is 122. The topological polar surface area (TPSA) is 63.3 Å². The average molecular weight is 159 g/mol. The molecular weight excluding hydrogens is 142 g/mol. The van der Waals surface area contributed by atoms with Crippen LogP contribution in [0.25, 0.3) is 0 Å². The highest BCUT2D eigenvalue weighted by molar-refractivity contribution is 5.67. The van der Waals surface area contributed by atoms with Crippen LogP contribution in [-0.2, 0) is 4.79 Å². The van der Waals surface area contributed by atoms with E-state index in [9.17, 15) is 4.79 Å². The molecule has 0 rings (SSSR count). The molecule has 0 spiro atoms. The first-order valence-electron chi connectivity index (χ1n) is 4.02. The van der Waals surface area contributed by atoms with Gasteiger partial charge in [-0.05, 0) is 24.8 Å². The maximum absolute atomic E-state index is 10.4. The van der Waals surface area contributed by atoms with Gasteiger partial charge in [0.25, 0.3) is 0 Å². The van der Waals surface area contributed by atoms with Crippen LogP contribution >= 0.6 is 0 Å². The number of hydrogen-bond donors (Lipinski definition) is 2. The third kappa shape index (κ3) is 2.89. The molecule has 66 valence electrons. The first-order valence-corrected chi connectivity index (χ1v) is 4.02. The lowest BCUT2D eigenvalue weighted by Gasteiger charge is -2.27. The van der Waals surface area contributed by atoms with Crippen molar-refractivity contribution in [2.45, 2.75) is 33.1 Å². The zero-order valence-electron chi connectivity index (χ0n) is 7.26. The van der Waals surface area contributed by atoms with Gasteiger partial charge in [-0.2, -0.15) is 0 Å². The first kappa shape index (κ1) is 10.4. The molecule has 3 nitrogen and oxygen atoms in total. The van der Waals surface area contributed by atoms with Crippen LogP contribution in [0.5, 0.6) is 0 Å². The molecule has 0 heterocycles. The van der Waals surface area contributed by atoms with Crippen LogP contribution in [-0.4, -0.2) is 17.6 Å². The molecule has 3 N–H and O–H groups in total. The van der Waals surface area contributed by atoms with E-state index in [1.165, 1.54) is 0 Å². The minimum Gasteiger partial charge on any atom is -0.481 e. The van der Waals surface area contributed by atoms with Gasteiger partial charge in [0.2, 0.25) is 0 Å². The summed E-state index contributed by atoms with van der Waals surface area (Å²) >= 11 is 0. The predicted molar refractivity (Wildman–Crippen MR) is 44.3 cm³/mol. The van der Waals surface area contributed by atoms with Gasteiger partial charge < -0.3 is 10.8 Å². The van der Waals surface area contributed by atoms with Crippen molar-refractivity contribution in [3.8, 4) is 0 Å². The fourth-order valence-electron chi connectivity index (χ4n) is 1.18. The van der Waals surface area contributed by atoms with Gasteiger partial charge in [0, 0.05) is 0 Å². The normalized spacial score (nSPS) is 11.5. The van der Waals surface area contributed by atoms with Gasteiger partial charge in [-0.25, -0.2) is 0 Å². The van der Waals surface area contributed by atoms with E-state index < -0.39 is 5.97 Å². The highest BCUT2D eigenvalue weighted by atomic mass is 16.4. The van der Waals surface area contributed by atoms with E-state index in [1.807, 2.05) is 13.8 Å². The van der Waals surface area contributed by atoms with E-state index in [-0.39, 0.29) is 11.8 Å². The fraction of sp³-hybridized carbons (Fsp3) is 0.875. The van der Waals surface area contributed by atoms with Crippen molar-refractivity contribution in [2.75, 3.05) is 6.54 Å². The molecule has 3 heteroatoms. The first-order chi connectivity index (χ1) is 5.10. The number of rotatable bonds is 5. The maximum atomic E-state index is 10.4. The zero-order valence-corrected chi connectivity index (χ0v) is 7.26. The molecule has 0 aliphatic rings. The zero-order chi connectivity index (χ0) is 8.91. The Morgan fingerprint density at radius 3 is 2.00 bits per heavy atom. The van der Waals surface area contributed by atoms with Crippen molar-refractivity contribution in [1.29, 1.82) is 0 Å². The van der Waals surface area contributed by atoms with E-state index in [0.29, 0.717) is 6.54 Å². The Balaban J connectivity index is 4.16. The molecule has 0 amide bonds. The summed E-state index contributed by atoms with van der Waals surface area (Å²) in [7, 11) is 0. The second kappa shape index (κ2) is 4.34. The molecule has 0 aromatic heterocycles. The third-order valence-corrected chi connectivity index (χ3v) is 2.46. The van der Waals surface area contributed by atoms with Crippen LogP contribution < -0.4 is 5.73 Å². The number of aliphatic carboxylic acids is 1. The number of carboxylic acid groups (broad SMARTS) is 1. The van der Waals surface area contributed by atoms with Crippen molar-refractivity contribution >= 4 is 5.97 Å². The summed E-state index contributed by atoms with van der Waals surface area (Å²) in [4.78, 5) is 10.4. The molecule has 0 aromatic carbocycles. The Morgan fingerprint density at radius 2 is 1.91 bits per heavy atom. The van der Waals surface area contributed by atoms with E-state index >= 15 is 0 Å². The number of hydrogen-bond acceptors (Lipinski definition) is 2. The summed E-state index contributed by atoms with van der Waals surface area (Å²) in [6.45, 7) is 4.44. The van der Waals surface area contributed by atoms with Gasteiger partial charge in [-0.1, -0.05) is 13.8 Å². The quantitative estimate of drug-likeness (QED) is 0.634. The molecule has 11 heavy (non-hydrogen) atoms. The smallest absolute Gasteiger partial charge is 0.303 e. The highest BCUT2D eigenvalue weighted by Crippen LogP contribution is 2.28. The molecule has 0 atom stereocenters. The standard InChI is InChI=1S/C8H17NO2/c1-3-8(4-2,6-9)5-7(10)11/h3-6,9H2,1-2H3,(H,10,11). The Morgan fingerprint density at radius 1 is 1.45 bits per heavy atom. The number of carboxylic acids is 1. The summed E-state index contributed by atoms with van der Waals surface area (Å²) < 4.78 is 0. The summed E-state index contributed by atoms with van der Waals surface area (Å²) in [5.41, 5.74) is 5.34. The van der Waals surface area contributed by atoms with E-state index in [1.54, 1.807) is 0 Å².